The number of carbonyl (C=O) groups excluding carboxylic acids is 2. The number of likely N-dealkylation sites (tertiary alicyclic amines) is 1. The summed E-state index contributed by atoms with van der Waals surface area (Å²) < 4.78 is 5.00. The van der Waals surface area contributed by atoms with E-state index in [1.807, 2.05) is 6.92 Å². The number of ether oxygens (including phenoxy) is 1. The van der Waals surface area contributed by atoms with Gasteiger partial charge in [-0.15, -0.1) is 6.58 Å². The van der Waals surface area contributed by atoms with E-state index < -0.39 is 6.09 Å². The molecule has 16 heavy (non-hydrogen) atoms. The fraction of sp³-hybridized carbons (Fsp3) is 0.667. The first kappa shape index (κ1) is 12.7. The third kappa shape index (κ3) is 3.08. The second-order valence-electron chi connectivity index (χ2n) is 3.97. The average molecular weight is 225 g/mol. The van der Waals surface area contributed by atoms with Crippen LogP contribution < -0.4 is 0 Å². The molecule has 0 saturated carbocycles. The van der Waals surface area contributed by atoms with Crippen molar-refractivity contribution in [2.24, 2.45) is 5.92 Å². The fourth-order valence-corrected chi connectivity index (χ4v) is 1.72. The van der Waals surface area contributed by atoms with Crippen LogP contribution in [0.25, 0.3) is 0 Å². The Morgan fingerprint density at radius 1 is 1.69 bits per heavy atom. The number of nitrogens with zero attached hydrogens (tertiary/aromatic N) is 1. The monoisotopic (exact) mass is 225 g/mol. The van der Waals surface area contributed by atoms with Gasteiger partial charge < -0.3 is 4.74 Å². The van der Waals surface area contributed by atoms with E-state index in [4.69, 9.17) is 4.74 Å². The van der Waals surface area contributed by atoms with Gasteiger partial charge in [-0.25, -0.2) is 9.69 Å². The van der Waals surface area contributed by atoms with Crippen molar-refractivity contribution < 1.29 is 14.3 Å². The SMILES string of the molecule is C=CCC1CCN(C(=O)OCCCC)C1=O. The van der Waals surface area contributed by atoms with Crippen LogP contribution in [0.15, 0.2) is 12.7 Å². The lowest BCUT2D eigenvalue weighted by atomic mass is 10.0. The number of allylic oxidation sites excluding steroid dienone is 1. The summed E-state index contributed by atoms with van der Waals surface area (Å²) in [5.41, 5.74) is 0. The number of imide groups is 1. The van der Waals surface area contributed by atoms with Crippen LogP contribution in [0.4, 0.5) is 4.79 Å². The van der Waals surface area contributed by atoms with Gasteiger partial charge in [-0.3, -0.25) is 4.79 Å². The number of unbranched alkanes of at least 4 members (excludes halogenated alkanes) is 1. The van der Waals surface area contributed by atoms with Gasteiger partial charge >= 0.3 is 6.09 Å². The minimum absolute atomic E-state index is 0.0868. The van der Waals surface area contributed by atoms with E-state index >= 15 is 0 Å². The average Bonchev–Trinajstić information content (AvgIpc) is 2.62. The van der Waals surface area contributed by atoms with Gasteiger partial charge in [-0.2, -0.15) is 0 Å². The zero-order valence-electron chi connectivity index (χ0n) is 9.78. The van der Waals surface area contributed by atoms with Crippen LogP contribution in [-0.2, 0) is 9.53 Å². The first-order valence-electron chi connectivity index (χ1n) is 5.79. The van der Waals surface area contributed by atoms with E-state index in [9.17, 15) is 9.59 Å². The van der Waals surface area contributed by atoms with Gasteiger partial charge in [0.15, 0.2) is 0 Å². The Morgan fingerprint density at radius 3 is 3.06 bits per heavy atom. The highest BCUT2D eigenvalue weighted by molar-refractivity contribution is 5.94. The van der Waals surface area contributed by atoms with Crippen molar-refractivity contribution in [3.05, 3.63) is 12.7 Å². The molecule has 0 aliphatic carbocycles. The number of hydrogen-bond acceptors (Lipinski definition) is 3. The second kappa shape index (κ2) is 6.30. The number of amides is 2. The predicted octanol–water partition coefficient (Wildman–Crippen LogP) is 2.35. The van der Waals surface area contributed by atoms with Crippen LogP contribution >= 0.6 is 0 Å². The topological polar surface area (TPSA) is 46.6 Å². The van der Waals surface area contributed by atoms with Gasteiger partial charge in [0.2, 0.25) is 5.91 Å². The molecule has 1 aliphatic rings. The maximum absolute atomic E-state index is 11.7. The standard InChI is InChI=1S/C12H19NO3/c1-3-5-9-16-12(15)13-8-7-10(6-4-2)11(13)14/h4,10H,2-3,5-9H2,1H3. The molecule has 1 saturated heterocycles. The van der Waals surface area contributed by atoms with Gasteiger partial charge in [0.25, 0.3) is 0 Å². The van der Waals surface area contributed by atoms with Crippen molar-refractivity contribution in [3.8, 4) is 0 Å². The van der Waals surface area contributed by atoms with E-state index in [1.54, 1.807) is 6.08 Å². The highest BCUT2D eigenvalue weighted by Crippen LogP contribution is 2.22. The Labute approximate surface area is 96.3 Å². The molecule has 1 atom stereocenters. The molecule has 1 heterocycles. The molecular formula is C12H19NO3. The Hall–Kier alpha value is -1.32. The molecule has 90 valence electrons. The zero-order valence-corrected chi connectivity index (χ0v) is 9.78. The van der Waals surface area contributed by atoms with Crippen molar-refractivity contribution in [1.82, 2.24) is 4.90 Å². The van der Waals surface area contributed by atoms with E-state index in [0.29, 0.717) is 26.0 Å². The first-order valence-corrected chi connectivity index (χ1v) is 5.79. The smallest absolute Gasteiger partial charge is 0.416 e. The second-order valence-corrected chi connectivity index (χ2v) is 3.97. The van der Waals surface area contributed by atoms with Crippen molar-refractivity contribution in [3.63, 3.8) is 0 Å². The number of carbonyl (C=O) groups is 2. The molecule has 1 rings (SSSR count). The van der Waals surface area contributed by atoms with Crippen molar-refractivity contribution >= 4 is 12.0 Å². The molecule has 2 amide bonds. The summed E-state index contributed by atoms with van der Waals surface area (Å²) in [4.78, 5) is 24.5. The predicted molar refractivity (Wildman–Crippen MR) is 60.9 cm³/mol. The molecule has 1 aliphatic heterocycles. The highest BCUT2D eigenvalue weighted by atomic mass is 16.6. The lowest BCUT2D eigenvalue weighted by molar-refractivity contribution is -0.129. The van der Waals surface area contributed by atoms with Gasteiger partial charge in [0, 0.05) is 12.5 Å². The maximum Gasteiger partial charge on any atom is 0.416 e. The van der Waals surface area contributed by atoms with E-state index in [1.165, 1.54) is 4.90 Å². The Balaban J connectivity index is 2.40. The summed E-state index contributed by atoms with van der Waals surface area (Å²) in [5.74, 6) is -0.211. The Morgan fingerprint density at radius 2 is 2.44 bits per heavy atom. The van der Waals surface area contributed by atoms with E-state index in [-0.39, 0.29) is 11.8 Å². The van der Waals surface area contributed by atoms with Crippen LogP contribution in [0.2, 0.25) is 0 Å². The molecule has 1 unspecified atom stereocenters. The molecule has 1 fully saturated rings. The highest BCUT2D eigenvalue weighted by Gasteiger charge is 2.35. The van der Waals surface area contributed by atoms with Crippen LogP contribution in [-0.4, -0.2) is 30.1 Å². The minimum Gasteiger partial charge on any atom is -0.449 e. The van der Waals surface area contributed by atoms with E-state index in [2.05, 4.69) is 6.58 Å². The first-order chi connectivity index (χ1) is 7.70. The Kier molecular flexibility index (Phi) is 5.02. The normalized spacial score (nSPS) is 19.9. The zero-order chi connectivity index (χ0) is 12.0. The molecular weight excluding hydrogens is 206 g/mol. The van der Waals surface area contributed by atoms with Crippen LogP contribution in [0, 0.1) is 5.92 Å². The fourth-order valence-electron chi connectivity index (χ4n) is 1.72. The van der Waals surface area contributed by atoms with Crippen LogP contribution in [0.1, 0.15) is 32.6 Å². The summed E-state index contributed by atoms with van der Waals surface area (Å²) >= 11 is 0. The molecule has 0 spiro atoms. The summed E-state index contributed by atoms with van der Waals surface area (Å²) in [6.45, 7) is 6.49. The van der Waals surface area contributed by atoms with Crippen molar-refractivity contribution in [2.75, 3.05) is 13.2 Å². The molecule has 0 aromatic heterocycles. The largest absolute Gasteiger partial charge is 0.449 e. The molecule has 0 aromatic carbocycles. The third-order valence-corrected chi connectivity index (χ3v) is 2.71. The third-order valence-electron chi connectivity index (χ3n) is 2.71. The van der Waals surface area contributed by atoms with Crippen molar-refractivity contribution in [1.29, 1.82) is 0 Å². The van der Waals surface area contributed by atoms with Gasteiger partial charge in [-0.05, 0) is 19.3 Å². The van der Waals surface area contributed by atoms with Crippen LogP contribution in [0.3, 0.4) is 0 Å². The van der Waals surface area contributed by atoms with Crippen LogP contribution in [0.5, 0.6) is 0 Å². The quantitative estimate of drug-likeness (QED) is 0.533. The molecule has 4 heteroatoms. The lowest BCUT2D eigenvalue weighted by Gasteiger charge is -2.14. The molecule has 0 N–H and O–H groups in total. The molecule has 0 radical (unpaired) electrons. The lowest BCUT2D eigenvalue weighted by Crippen LogP contribution is -2.34. The molecule has 0 bridgehead atoms. The number of hydrogen-bond donors (Lipinski definition) is 0. The van der Waals surface area contributed by atoms with Gasteiger partial charge in [-0.1, -0.05) is 19.4 Å². The summed E-state index contributed by atoms with van der Waals surface area (Å²) in [6, 6.07) is 0. The Bertz CT molecular complexity index is 275. The maximum atomic E-state index is 11.7. The molecule has 4 nitrogen and oxygen atoms in total. The molecule has 0 aromatic rings. The summed E-state index contributed by atoms with van der Waals surface area (Å²) in [6.07, 6.45) is 4.38. The van der Waals surface area contributed by atoms with Crippen molar-refractivity contribution in [2.45, 2.75) is 32.6 Å². The van der Waals surface area contributed by atoms with Gasteiger partial charge in [0.1, 0.15) is 0 Å². The minimum atomic E-state index is -0.495. The summed E-state index contributed by atoms with van der Waals surface area (Å²) in [5, 5.41) is 0. The van der Waals surface area contributed by atoms with Gasteiger partial charge in [0.05, 0.1) is 6.61 Å². The van der Waals surface area contributed by atoms with E-state index in [0.717, 1.165) is 12.8 Å². The summed E-state index contributed by atoms with van der Waals surface area (Å²) in [7, 11) is 0. The number of rotatable bonds is 5.